The summed E-state index contributed by atoms with van der Waals surface area (Å²) in [5.41, 5.74) is 3.67. The van der Waals surface area contributed by atoms with Crippen LogP contribution >= 0.6 is 15.9 Å². The molecule has 0 fully saturated rings. The van der Waals surface area contributed by atoms with E-state index in [0.29, 0.717) is 5.69 Å². The van der Waals surface area contributed by atoms with Gasteiger partial charge in [-0.25, -0.2) is 8.42 Å². The molecule has 3 aromatic carbocycles. The lowest BCUT2D eigenvalue weighted by atomic mass is 10.0. The van der Waals surface area contributed by atoms with Crippen LogP contribution in [0.25, 0.3) is 0 Å². The summed E-state index contributed by atoms with van der Waals surface area (Å²) in [5.74, 6) is -0.761. The van der Waals surface area contributed by atoms with Gasteiger partial charge in [0.1, 0.15) is 12.6 Å². The van der Waals surface area contributed by atoms with Gasteiger partial charge in [0, 0.05) is 23.5 Å². The predicted octanol–water partition coefficient (Wildman–Crippen LogP) is 5.00. The lowest BCUT2D eigenvalue weighted by Gasteiger charge is -2.34. The smallest absolute Gasteiger partial charge is 0.244 e. The molecule has 0 aliphatic carbocycles. The topological polar surface area (TPSA) is 86.8 Å². The Morgan fingerprint density at radius 3 is 2.00 bits per heavy atom. The normalized spacial score (nSPS) is 12.2. The van der Waals surface area contributed by atoms with Gasteiger partial charge >= 0.3 is 0 Å². The molecule has 0 aromatic heterocycles. The monoisotopic (exact) mass is 613 g/mol. The fourth-order valence-corrected chi connectivity index (χ4v) is 5.72. The molecular formula is C30H36BrN3O4S. The van der Waals surface area contributed by atoms with Crippen LogP contribution in [-0.4, -0.2) is 50.0 Å². The lowest BCUT2D eigenvalue weighted by molar-refractivity contribution is -0.140. The van der Waals surface area contributed by atoms with Gasteiger partial charge in [-0.3, -0.25) is 13.9 Å². The Kier molecular flexibility index (Phi) is 10.3. The van der Waals surface area contributed by atoms with Gasteiger partial charge in [0.15, 0.2) is 0 Å². The lowest BCUT2D eigenvalue weighted by Crippen LogP contribution is -2.54. The number of hydrogen-bond acceptors (Lipinski definition) is 4. The highest BCUT2D eigenvalue weighted by molar-refractivity contribution is 9.10. The molecule has 1 unspecified atom stereocenters. The SMILES string of the molecule is Cc1cccc(C)c1N(CC(=O)N(Cc1ccc(Br)cc1)C(Cc1ccccc1)C(=O)NC(C)C)S(C)(=O)=O. The first-order valence-corrected chi connectivity index (χ1v) is 15.4. The highest BCUT2D eigenvalue weighted by Gasteiger charge is 2.33. The van der Waals surface area contributed by atoms with Gasteiger partial charge in [-0.15, -0.1) is 0 Å². The van der Waals surface area contributed by atoms with Crippen LogP contribution in [0.15, 0.2) is 77.3 Å². The highest BCUT2D eigenvalue weighted by atomic mass is 79.9. The first kappa shape index (κ1) is 30.4. The van der Waals surface area contributed by atoms with Crippen LogP contribution in [0.1, 0.15) is 36.1 Å². The summed E-state index contributed by atoms with van der Waals surface area (Å²) < 4.78 is 28.0. The number of aryl methyl sites for hydroxylation is 2. The summed E-state index contributed by atoms with van der Waals surface area (Å²) in [6.45, 7) is 7.08. The molecule has 9 heteroatoms. The van der Waals surface area contributed by atoms with E-state index in [1.165, 1.54) is 4.90 Å². The number of para-hydroxylation sites is 1. The third-order valence-corrected chi connectivity index (χ3v) is 7.98. The summed E-state index contributed by atoms with van der Waals surface area (Å²) in [4.78, 5) is 29.2. The second-order valence-electron chi connectivity index (χ2n) is 10.0. The van der Waals surface area contributed by atoms with Gasteiger partial charge in [0.25, 0.3) is 0 Å². The maximum absolute atomic E-state index is 14.1. The van der Waals surface area contributed by atoms with Gasteiger partial charge in [-0.05, 0) is 62.1 Å². The molecule has 0 spiro atoms. The summed E-state index contributed by atoms with van der Waals surface area (Å²) in [6.07, 6.45) is 1.38. The fourth-order valence-electron chi connectivity index (χ4n) is 4.50. The zero-order chi connectivity index (χ0) is 28.7. The van der Waals surface area contributed by atoms with E-state index in [1.807, 2.05) is 100 Å². The Hall–Kier alpha value is -3.17. The minimum atomic E-state index is -3.81. The average molecular weight is 615 g/mol. The summed E-state index contributed by atoms with van der Waals surface area (Å²) in [5, 5.41) is 2.95. The number of anilines is 1. The molecule has 0 aliphatic heterocycles. The zero-order valence-corrected chi connectivity index (χ0v) is 25.4. The number of amides is 2. The zero-order valence-electron chi connectivity index (χ0n) is 23.0. The van der Waals surface area contributed by atoms with Crippen LogP contribution in [-0.2, 0) is 32.6 Å². The molecule has 1 atom stereocenters. The maximum atomic E-state index is 14.1. The van der Waals surface area contributed by atoms with Crippen LogP contribution in [0.4, 0.5) is 5.69 Å². The van der Waals surface area contributed by atoms with Crippen LogP contribution in [0.5, 0.6) is 0 Å². The Labute approximate surface area is 240 Å². The average Bonchev–Trinajstić information content (AvgIpc) is 2.86. The largest absolute Gasteiger partial charge is 0.352 e. The molecule has 0 heterocycles. The van der Waals surface area contributed by atoms with E-state index in [1.54, 1.807) is 0 Å². The van der Waals surface area contributed by atoms with Crippen molar-refractivity contribution in [2.75, 3.05) is 17.1 Å². The van der Waals surface area contributed by atoms with Crippen molar-refractivity contribution in [3.8, 4) is 0 Å². The molecule has 2 amide bonds. The number of hydrogen-bond donors (Lipinski definition) is 1. The third kappa shape index (κ3) is 8.41. The van der Waals surface area contributed by atoms with Gasteiger partial charge in [0.2, 0.25) is 21.8 Å². The van der Waals surface area contributed by atoms with Crippen LogP contribution < -0.4 is 9.62 Å². The van der Waals surface area contributed by atoms with Crippen molar-refractivity contribution in [2.45, 2.75) is 52.7 Å². The molecule has 7 nitrogen and oxygen atoms in total. The number of halogens is 1. The van der Waals surface area contributed by atoms with Gasteiger partial charge in [0.05, 0.1) is 11.9 Å². The minimum absolute atomic E-state index is 0.137. The second-order valence-corrected chi connectivity index (χ2v) is 12.8. The second kappa shape index (κ2) is 13.3. The van der Waals surface area contributed by atoms with Crippen molar-refractivity contribution in [3.63, 3.8) is 0 Å². The Bertz CT molecular complexity index is 1370. The molecule has 0 saturated carbocycles. The van der Waals surface area contributed by atoms with E-state index >= 15 is 0 Å². The van der Waals surface area contributed by atoms with E-state index in [4.69, 9.17) is 0 Å². The van der Waals surface area contributed by atoms with Gasteiger partial charge in [-0.1, -0.05) is 76.6 Å². The standard InChI is InChI=1S/C30H36BrN3O4S/c1-21(2)32-30(36)27(18-24-12-7-6-8-13-24)33(19-25-14-16-26(31)17-15-25)28(35)20-34(39(5,37)38)29-22(3)10-9-11-23(29)4/h6-17,21,27H,18-20H2,1-5H3,(H,32,36). The van der Waals surface area contributed by atoms with Crippen molar-refractivity contribution >= 4 is 43.5 Å². The Morgan fingerprint density at radius 2 is 1.46 bits per heavy atom. The Balaban J connectivity index is 2.08. The molecule has 1 N–H and O–H groups in total. The molecule has 208 valence electrons. The summed E-state index contributed by atoms with van der Waals surface area (Å²) in [6, 6.07) is 21.5. The number of carbonyl (C=O) groups is 2. The fraction of sp³-hybridized carbons (Fsp3) is 0.333. The van der Waals surface area contributed by atoms with E-state index in [0.717, 1.165) is 37.3 Å². The first-order chi connectivity index (χ1) is 18.4. The van der Waals surface area contributed by atoms with Crippen molar-refractivity contribution < 1.29 is 18.0 Å². The van der Waals surface area contributed by atoms with Gasteiger partial charge < -0.3 is 10.2 Å². The van der Waals surface area contributed by atoms with Crippen molar-refractivity contribution in [1.82, 2.24) is 10.2 Å². The van der Waals surface area contributed by atoms with E-state index in [-0.39, 0.29) is 24.9 Å². The third-order valence-electron chi connectivity index (χ3n) is 6.34. The summed E-state index contributed by atoms with van der Waals surface area (Å²) in [7, 11) is -3.81. The van der Waals surface area contributed by atoms with Crippen LogP contribution in [0.3, 0.4) is 0 Å². The molecule has 0 saturated heterocycles. The molecule has 3 aromatic rings. The number of nitrogens with zero attached hydrogens (tertiary/aromatic N) is 2. The molecule has 0 radical (unpaired) electrons. The molecular weight excluding hydrogens is 578 g/mol. The van der Waals surface area contributed by atoms with E-state index < -0.39 is 28.5 Å². The van der Waals surface area contributed by atoms with Crippen molar-refractivity contribution in [3.05, 3.63) is 99.5 Å². The first-order valence-electron chi connectivity index (χ1n) is 12.8. The number of carbonyl (C=O) groups excluding carboxylic acids is 2. The number of benzene rings is 3. The van der Waals surface area contributed by atoms with Crippen LogP contribution in [0, 0.1) is 13.8 Å². The minimum Gasteiger partial charge on any atom is -0.352 e. The van der Waals surface area contributed by atoms with Crippen LogP contribution in [0.2, 0.25) is 0 Å². The summed E-state index contributed by atoms with van der Waals surface area (Å²) >= 11 is 3.44. The van der Waals surface area contributed by atoms with Gasteiger partial charge in [-0.2, -0.15) is 0 Å². The van der Waals surface area contributed by atoms with Crippen molar-refractivity contribution in [1.29, 1.82) is 0 Å². The number of sulfonamides is 1. The number of nitrogens with one attached hydrogen (secondary N) is 1. The quantitative estimate of drug-likeness (QED) is 0.330. The highest BCUT2D eigenvalue weighted by Crippen LogP contribution is 2.27. The van der Waals surface area contributed by atoms with Crippen molar-refractivity contribution in [2.24, 2.45) is 0 Å². The molecule has 0 aliphatic rings. The molecule has 39 heavy (non-hydrogen) atoms. The van der Waals surface area contributed by atoms with E-state index in [9.17, 15) is 18.0 Å². The van der Waals surface area contributed by atoms with E-state index in [2.05, 4.69) is 21.2 Å². The maximum Gasteiger partial charge on any atom is 0.244 e. The number of rotatable bonds is 11. The molecule has 0 bridgehead atoms. The molecule has 3 rings (SSSR count). The predicted molar refractivity (Wildman–Crippen MR) is 160 cm³/mol. The Morgan fingerprint density at radius 1 is 0.872 bits per heavy atom.